The molecule has 1 heterocycles. The Morgan fingerprint density at radius 1 is 1.25 bits per heavy atom. The van der Waals surface area contributed by atoms with E-state index in [0.29, 0.717) is 17.1 Å². The van der Waals surface area contributed by atoms with Gasteiger partial charge in [-0.25, -0.2) is 4.98 Å². The van der Waals surface area contributed by atoms with E-state index < -0.39 is 0 Å². The van der Waals surface area contributed by atoms with Crippen LogP contribution in [0, 0.1) is 6.92 Å². The molecule has 20 heavy (non-hydrogen) atoms. The number of pyridine rings is 1. The van der Waals surface area contributed by atoms with Crippen LogP contribution in [0.3, 0.4) is 0 Å². The number of hydrogen-bond acceptors (Lipinski definition) is 3. The van der Waals surface area contributed by atoms with Gasteiger partial charge in [-0.2, -0.15) is 0 Å². The lowest BCUT2D eigenvalue weighted by Gasteiger charge is -2.26. The summed E-state index contributed by atoms with van der Waals surface area (Å²) in [5.41, 5.74) is 7.95. The first-order valence-electron chi connectivity index (χ1n) is 6.61. The van der Waals surface area contributed by atoms with Crippen molar-refractivity contribution in [3.63, 3.8) is 0 Å². The smallest absolute Gasteiger partial charge is 0.259 e. The van der Waals surface area contributed by atoms with Crippen molar-refractivity contribution in [3.8, 4) is 0 Å². The summed E-state index contributed by atoms with van der Waals surface area (Å²) in [6.45, 7) is 5.90. The molecule has 0 saturated heterocycles. The van der Waals surface area contributed by atoms with Crippen LogP contribution in [-0.4, -0.2) is 16.9 Å². The largest absolute Gasteiger partial charge is 0.397 e. The number of nitrogens with two attached hydrogens (primary N) is 1. The third-order valence-electron chi connectivity index (χ3n) is 3.02. The second kappa shape index (κ2) is 5.74. The maximum absolute atomic E-state index is 12.7. The van der Waals surface area contributed by atoms with Crippen molar-refractivity contribution in [1.29, 1.82) is 0 Å². The van der Waals surface area contributed by atoms with E-state index in [9.17, 15) is 4.79 Å². The topological polar surface area (TPSA) is 59.2 Å². The minimum absolute atomic E-state index is 0.0131. The molecule has 2 aromatic rings. The van der Waals surface area contributed by atoms with Gasteiger partial charge < -0.3 is 5.73 Å². The van der Waals surface area contributed by atoms with E-state index in [1.54, 1.807) is 23.2 Å². The lowest BCUT2D eigenvalue weighted by molar-refractivity contribution is 0.0979. The van der Waals surface area contributed by atoms with Gasteiger partial charge >= 0.3 is 0 Å². The van der Waals surface area contributed by atoms with Crippen molar-refractivity contribution >= 4 is 17.4 Å². The van der Waals surface area contributed by atoms with Crippen LogP contribution in [-0.2, 0) is 0 Å². The Hall–Kier alpha value is -2.36. The maximum Gasteiger partial charge on any atom is 0.259 e. The van der Waals surface area contributed by atoms with Crippen LogP contribution in [0.4, 0.5) is 11.5 Å². The van der Waals surface area contributed by atoms with E-state index >= 15 is 0 Å². The van der Waals surface area contributed by atoms with Crippen LogP contribution in [0.1, 0.15) is 29.8 Å². The van der Waals surface area contributed by atoms with E-state index in [2.05, 4.69) is 4.98 Å². The molecule has 104 valence electrons. The third-order valence-corrected chi connectivity index (χ3v) is 3.02. The number of carbonyl (C=O) groups excluding carboxylic acids is 1. The molecule has 0 aliphatic rings. The van der Waals surface area contributed by atoms with Gasteiger partial charge in [0.15, 0.2) is 0 Å². The van der Waals surface area contributed by atoms with E-state index in [-0.39, 0.29) is 11.9 Å². The van der Waals surface area contributed by atoms with Crippen molar-refractivity contribution in [2.75, 3.05) is 10.6 Å². The quantitative estimate of drug-likeness (QED) is 0.931. The maximum atomic E-state index is 12.7. The first-order chi connectivity index (χ1) is 9.49. The van der Waals surface area contributed by atoms with Crippen molar-refractivity contribution in [2.45, 2.75) is 26.8 Å². The molecule has 0 spiro atoms. The highest BCUT2D eigenvalue weighted by Crippen LogP contribution is 2.19. The fourth-order valence-corrected chi connectivity index (χ4v) is 2.06. The van der Waals surface area contributed by atoms with Crippen LogP contribution < -0.4 is 10.6 Å². The molecule has 0 aliphatic carbocycles. The summed E-state index contributed by atoms with van der Waals surface area (Å²) in [4.78, 5) is 18.6. The van der Waals surface area contributed by atoms with Crippen LogP contribution in [0.2, 0.25) is 0 Å². The Morgan fingerprint density at radius 2 is 2.00 bits per heavy atom. The summed E-state index contributed by atoms with van der Waals surface area (Å²) in [5.74, 6) is 0.557. The normalized spacial score (nSPS) is 10.6. The van der Waals surface area contributed by atoms with Gasteiger partial charge in [0.1, 0.15) is 5.82 Å². The molecule has 0 radical (unpaired) electrons. The summed E-state index contributed by atoms with van der Waals surface area (Å²) in [5, 5.41) is 0. The molecule has 1 aromatic carbocycles. The standard InChI is InChI=1S/C16H19N3O/c1-11(2)19(15-8-7-14(17)10-18-15)16(20)13-6-4-5-12(3)9-13/h4-11H,17H2,1-3H3. The summed E-state index contributed by atoms with van der Waals surface area (Å²) < 4.78 is 0. The average molecular weight is 269 g/mol. The van der Waals surface area contributed by atoms with Crippen LogP contribution in [0.15, 0.2) is 42.6 Å². The van der Waals surface area contributed by atoms with E-state index in [0.717, 1.165) is 5.56 Å². The highest BCUT2D eigenvalue weighted by molar-refractivity contribution is 6.06. The minimum Gasteiger partial charge on any atom is -0.397 e. The van der Waals surface area contributed by atoms with Crippen molar-refractivity contribution < 1.29 is 4.79 Å². The monoisotopic (exact) mass is 269 g/mol. The molecular weight excluding hydrogens is 250 g/mol. The third kappa shape index (κ3) is 2.96. The molecule has 0 saturated carbocycles. The summed E-state index contributed by atoms with van der Waals surface area (Å²) in [6.07, 6.45) is 1.56. The van der Waals surface area contributed by atoms with E-state index in [4.69, 9.17) is 5.73 Å². The Kier molecular flexibility index (Phi) is 4.03. The van der Waals surface area contributed by atoms with Gasteiger partial charge in [0.25, 0.3) is 5.91 Å². The van der Waals surface area contributed by atoms with Crippen LogP contribution in [0.5, 0.6) is 0 Å². The Bertz CT molecular complexity index is 605. The summed E-state index contributed by atoms with van der Waals surface area (Å²) >= 11 is 0. The van der Waals surface area contributed by atoms with Crippen molar-refractivity contribution in [1.82, 2.24) is 4.98 Å². The molecule has 2 rings (SSSR count). The molecule has 0 aliphatic heterocycles. The number of hydrogen-bond donors (Lipinski definition) is 1. The van der Waals surface area contributed by atoms with Crippen LogP contribution >= 0.6 is 0 Å². The summed E-state index contributed by atoms with van der Waals surface area (Å²) in [6, 6.07) is 11.1. The number of aromatic nitrogens is 1. The van der Waals surface area contributed by atoms with E-state index in [1.165, 1.54) is 0 Å². The van der Waals surface area contributed by atoms with Gasteiger partial charge in [-0.3, -0.25) is 9.69 Å². The van der Waals surface area contributed by atoms with Gasteiger partial charge in [0.05, 0.1) is 11.9 Å². The molecule has 1 amide bonds. The first kappa shape index (κ1) is 14.1. The molecule has 0 unspecified atom stereocenters. The number of carbonyl (C=O) groups is 1. The van der Waals surface area contributed by atoms with Gasteiger partial charge in [0, 0.05) is 11.6 Å². The first-order valence-corrected chi connectivity index (χ1v) is 6.61. The number of nitrogen functional groups attached to an aromatic ring is 1. The molecule has 2 N–H and O–H groups in total. The fourth-order valence-electron chi connectivity index (χ4n) is 2.06. The van der Waals surface area contributed by atoms with Gasteiger partial charge in [0.2, 0.25) is 0 Å². The second-order valence-electron chi connectivity index (χ2n) is 5.09. The highest BCUT2D eigenvalue weighted by atomic mass is 16.2. The minimum atomic E-state index is -0.0547. The Balaban J connectivity index is 2.38. The van der Waals surface area contributed by atoms with E-state index in [1.807, 2.05) is 45.0 Å². The molecule has 0 bridgehead atoms. The summed E-state index contributed by atoms with van der Waals surface area (Å²) in [7, 11) is 0. The SMILES string of the molecule is Cc1cccc(C(=O)N(c2ccc(N)cn2)C(C)C)c1. The number of rotatable bonds is 3. The number of nitrogens with zero attached hydrogens (tertiary/aromatic N) is 2. The zero-order valence-corrected chi connectivity index (χ0v) is 12.0. The number of benzene rings is 1. The van der Waals surface area contributed by atoms with Crippen molar-refractivity contribution in [2.24, 2.45) is 0 Å². The molecule has 0 fully saturated rings. The van der Waals surface area contributed by atoms with Crippen molar-refractivity contribution in [3.05, 3.63) is 53.7 Å². The fraction of sp³-hybridized carbons (Fsp3) is 0.250. The van der Waals surface area contributed by atoms with Crippen LogP contribution in [0.25, 0.3) is 0 Å². The lowest BCUT2D eigenvalue weighted by atomic mass is 10.1. The molecule has 4 heteroatoms. The molecule has 4 nitrogen and oxygen atoms in total. The molecule has 0 atom stereocenters. The predicted octanol–water partition coefficient (Wildman–Crippen LogP) is 3.03. The number of amides is 1. The van der Waals surface area contributed by atoms with Gasteiger partial charge in [-0.05, 0) is 45.0 Å². The highest BCUT2D eigenvalue weighted by Gasteiger charge is 2.21. The number of aryl methyl sites for hydroxylation is 1. The lowest BCUT2D eigenvalue weighted by Crippen LogP contribution is -2.37. The predicted molar refractivity (Wildman–Crippen MR) is 81.8 cm³/mol. The zero-order chi connectivity index (χ0) is 14.7. The molecule has 1 aromatic heterocycles. The Morgan fingerprint density at radius 3 is 2.55 bits per heavy atom. The molecular formula is C16H19N3O. The zero-order valence-electron chi connectivity index (χ0n) is 12.0. The Labute approximate surface area is 119 Å². The van der Waals surface area contributed by atoms with Gasteiger partial charge in [-0.1, -0.05) is 17.7 Å². The number of anilines is 2. The van der Waals surface area contributed by atoms with Gasteiger partial charge in [-0.15, -0.1) is 0 Å². The second-order valence-corrected chi connectivity index (χ2v) is 5.09. The average Bonchev–Trinajstić information content (AvgIpc) is 2.41.